The number of amides is 1. The van der Waals surface area contributed by atoms with Gasteiger partial charge in [-0.25, -0.2) is 0 Å². The highest BCUT2D eigenvalue weighted by Gasteiger charge is 2.11. The van der Waals surface area contributed by atoms with Gasteiger partial charge in [-0.1, -0.05) is 6.07 Å². The molecular weight excluding hydrogens is 232 g/mol. The summed E-state index contributed by atoms with van der Waals surface area (Å²) in [7, 11) is 0. The minimum absolute atomic E-state index is 0.00358. The van der Waals surface area contributed by atoms with Gasteiger partial charge in [-0.15, -0.1) is 0 Å². The fourth-order valence-electron chi connectivity index (χ4n) is 1.76. The van der Waals surface area contributed by atoms with Crippen LogP contribution < -0.4 is 20.1 Å². The number of nitrogens with one attached hydrogen (secondary N) is 2. The molecule has 2 rings (SSSR count). The molecule has 0 aliphatic carbocycles. The van der Waals surface area contributed by atoms with E-state index in [9.17, 15) is 4.79 Å². The second-order valence-electron chi connectivity index (χ2n) is 4.14. The van der Waals surface area contributed by atoms with Crippen LogP contribution in [-0.4, -0.2) is 32.2 Å². The molecule has 0 radical (unpaired) electrons. The Hall–Kier alpha value is -1.75. The smallest absolute Gasteiger partial charge is 0.216 e. The Kier molecular flexibility index (Phi) is 4.41. The average molecular weight is 250 g/mol. The summed E-state index contributed by atoms with van der Waals surface area (Å²) in [5.41, 5.74) is 1.14. The predicted molar refractivity (Wildman–Crippen MR) is 67.8 cm³/mol. The van der Waals surface area contributed by atoms with Gasteiger partial charge in [0.1, 0.15) is 13.2 Å². The minimum Gasteiger partial charge on any atom is -0.486 e. The molecule has 1 aliphatic rings. The van der Waals surface area contributed by atoms with Crippen LogP contribution in [0.15, 0.2) is 18.2 Å². The molecule has 1 aromatic rings. The van der Waals surface area contributed by atoms with Crippen LogP contribution in [0.25, 0.3) is 0 Å². The van der Waals surface area contributed by atoms with E-state index in [1.165, 1.54) is 6.92 Å². The van der Waals surface area contributed by atoms with Gasteiger partial charge in [0, 0.05) is 26.6 Å². The maximum absolute atomic E-state index is 10.7. The normalized spacial score (nSPS) is 13.2. The van der Waals surface area contributed by atoms with Gasteiger partial charge in [-0.2, -0.15) is 0 Å². The van der Waals surface area contributed by atoms with Gasteiger partial charge in [0.25, 0.3) is 0 Å². The van der Waals surface area contributed by atoms with E-state index in [1.807, 2.05) is 18.2 Å². The van der Waals surface area contributed by atoms with Crippen molar-refractivity contribution in [2.75, 3.05) is 26.3 Å². The van der Waals surface area contributed by atoms with Gasteiger partial charge >= 0.3 is 0 Å². The summed E-state index contributed by atoms with van der Waals surface area (Å²) in [5.74, 6) is 1.61. The zero-order valence-electron chi connectivity index (χ0n) is 10.5. The quantitative estimate of drug-likeness (QED) is 0.755. The third kappa shape index (κ3) is 3.63. The van der Waals surface area contributed by atoms with E-state index in [0.29, 0.717) is 19.8 Å². The lowest BCUT2D eigenvalue weighted by Gasteiger charge is -2.19. The van der Waals surface area contributed by atoms with Crippen LogP contribution >= 0.6 is 0 Å². The lowest BCUT2D eigenvalue weighted by atomic mass is 10.2. The highest BCUT2D eigenvalue weighted by atomic mass is 16.6. The van der Waals surface area contributed by atoms with E-state index in [2.05, 4.69) is 10.6 Å². The van der Waals surface area contributed by atoms with Crippen LogP contribution in [-0.2, 0) is 11.3 Å². The molecule has 0 bridgehead atoms. The van der Waals surface area contributed by atoms with Gasteiger partial charge in [-0.3, -0.25) is 4.79 Å². The largest absolute Gasteiger partial charge is 0.486 e. The maximum atomic E-state index is 10.7. The zero-order chi connectivity index (χ0) is 12.8. The molecule has 0 atom stereocenters. The number of benzene rings is 1. The molecule has 1 amide bonds. The molecule has 0 fully saturated rings. The minimum atomic E-state index is -0.00358. The lowest BCUT2D eigenvalue weighted by molar-refractivity contribution is -0.118. The van der Waals surface area contributed by atoms with E-state index >= 15 is 0 Å². The van der Waals surface area contributed by atoms with Crippen LogP contribution in [0.4, 0.5) is 0 Å². The molecule has 1 heterocycles. The van der Waals surface area contributed by atoms with E-state index in [-0.39, 0.29) is 5.91 Å². The number of carbonyl (C=O) groups is 1. The standard InChI is InChI=1S/C13H18N2O3/c1-10(16)15-5-4-14-9-11-2-3-12-13(8-11)18-7-6-17-12/h2-3,8,14H,4-7,9H2,1H3,(H,15,16). The summed E-state index contributed by atoms with van der Waals surface area (Å²) < 4.78 is 11.0. The van der Waals surface area contributed by atoms with Gasteiger partial charge < -0.3 is 20.1 Å². The Balaban J connectivity index is 1.77. The van der Waals surface area contributed by atoms with Gasteiger partial charge in [0.15, 0.2) is 11.5 Å². The number of rotatable bonds is 5. The summed E-state index contributed by atoms with van der Waals surface area (Å²) in [6.07, 6.45) is 0. The number of hydrogen-bond donors (Lipinski definition) is 2. The summed E-state index contributed by atoms with van der Waals surface area (Å²) in [6, 6.07) is 5.93. The molecule has 1 aliphatic heterocycles. The van der Waals surface area contributed by atoms with Crippen LogP contribution in [0.3, 0.4) is 0 Å². The topological polar surface area (TPSA) is 59.6 Å². The molecule has 18 heavy (non-hydrogen) atoms. The average Bonchev–Trinajstić information content (AvgIpc) is 2.38. The molecule has 0 saturated heterocycles. The second kappa shape index (κ2) is 6.26. The molecule has 0 unspecified atom stereocenters. The van der Waals surface area contributed by atoms with Crippen molar-refractivity contribution in [3.63, 3.8) is 0 Å². The Bertz CT molecular complexity index is 421. The Morgan fingerprint density at radius 3 is 2.78 bits per heavy atom. The first kappa shape index (κ1) is 12.7. The molecular formula is C13H18N2O3. The molecule has 5 nitrogen and oxygen atoms in total. The van der Waals surface area contributed by atoms with Crippen molar-refractivity contribution in [1.29, 1.82) is 0 Å². The Morgan fingerprint density at radius 1 is 1.22 bits per heavy atom. The monoisotopic (exact) mass is 250 g/mol. The second-order valence-corrected chi connectivity index (χ2v) is 4.14. The number of carbonyl (C=O) groups excluding carboxylic acids is 1. The maximum Gasteiger partial charge on any atom is 0.216 e. The molecule has 0 spiro atoms. The molecule has 0 aromatic heterocycles. The lowest BCUT2D eigenvalue weighted by Crippen LogP contribution is -2.29. The fourth-order valence-corrected chi connectivity index (χ4v) is 1.76. The van der Waals surface area contributed by atoms with Crippen molar-refractivity contribution in [3.8, 4) is 11.5 Å². The Morgan fingerprint density at radius 2 is 2.00 bits per heavy atom. The molecule has 2 N–H and O–H groups in total. The van der Waals surface area contributed by atoms with E-state index in [0.717, 1.165) is 30.2 Å². The van der Waals surface area contributed by atoms with Crippen LogP contribution in [0.5, 0.6) is 11.5 Å². The van der Waals surface area contributed by atoms with Gasteiger partial charge in [-0.05, 0) is 17.7 Å². The number of hydrogen-bond acceptors (Lipinski definition) is 4. The van der Waals surface area contributed by atoms with Crippen molar-refractivity contribution in [2.45, 2.75) is 13.5 Å². The highest BCUT2D eigenvalue weighted by Crippen LogP contribution is 2.30. The predicted octanol–water partition coefficient (Wildman–Crippen LogP) is 0.683. The van der Waals surface area contributed by atoms with Crippen LogP contribution in [0.1, 0.15) is 12.5 Å². The van der Waals surface area contributed by atoms with Crippen molar-refractivity contribution in [2.24, 2.45) is 0 Å². The van der Waals surface area contributed by atoms with Crippen LogP contribution in [0, 0.1) is 0 Å². The van der Waals surface area contributed by atoms with Crippen molar-refractivity contribution in [1.82, 2.24) is 10.6 Å². The van der Waals surface area contributed by atoms with Crippen molar-refractivity contribution >= 4 is 5.91 Å². The molecule has 5 heteroatoms. The van der Waals surface area contributed by atoms with Gasteiger partial charge in [0.2, 0.25) is 5.91 Å². The molecule has 1 aromatic carbocycles. The van der Waals surface area contributed by atoms with E-state index in [1.54, 1.807) is 0 Å². The van der Waals surface area contributed by atoms with Gasteiger partial charge in [0.05, 0.1) is 0 Å². The summed E-state index contributed by atoms with van der Waals surface area (Å²) >= 11 is 0. The third-order valence-corrected chi connectivity index (χ3v) is 2.61. The number of ether oxygens (including phenoxy) is 2. The first-order valence-electron chi connectivity index (χ1n) is 6.09. The van der Waals surface area contributed by atoms with E-state index in [4.69, 9.17) is 9.47 Å². The first-order chi connectivity index (χ1) is 8.75. The third-order valence-electron chi connectivity index (χ3n) is 2.61. The van der Waals surface area contributed by atoms with Crippen molar-refractivity contribution < 1.29 is 14.3 Å². The summed E-state index contributed by atoms with van der Waals surface area (Å²) in [5, 5.41) is 5.99. The zero-order valence-corrected chi connectivity index (χ0v) is 10.5. The highest BCUT2D eigenvalue weighted by molar-refractivity contribution is 5.72. The number of fused-ring (bicyclic) bond motifs is 1. The van der Waals surface area contributed by atoms with Crippen LogP contribution in [0.2, 0.25) is 0 Å². The van der Waals surface area contributed by atoms with E-state index < -0.39 is 0 Å². The summed E-state index contributed by atoms with van der Waals surface area (Å²) in [6.45, 7) is 4.86. The molecule has 0 saturated carbocycles. The summed E-state index contributed by atoms with van der Waals surface area (Å²) in [4.78, 5) is 10.7. The SMILES string of the molecule is CC(=O)NCCNCc1ccc2c(c1)OCCO2. The molecule has 98 valence electrons. The van der Waals surface area contributed by atoms with Crippen molar-refractivity contribution in [3.05, 3.63) is 23.8 Å². The fraction of sp³-hybridized carbons (Fsp3) is 0.462. The first-order valence-corrected chi connectivity index (χ1v) is 6.09. The Labute approximate surface area is 106 Å².